The molecule has 0 aliphatic carbocycles. The lowest BCUT2D eigenvalue weighted by atomic mass is 9.96. The number of aliphatic hydroxyl groups is 1. The first kappa shape index (κ1) is 22.6. The van der Waals surface area contributed by atoms with E-state index >= 15 is 0 Å². The molecule has 166 valence electrons. The van der Waals surface area contributed by atoms with E-state index < -0.39 is 11.0 Å². The number of carbonyl (C=O) groups is 1. The van der Waals surface area contributed by atoms with Crippen LogP contribution in [-0.4, -0.2) is 47.1 Å². The highest BCUT2D eigenvalue weighted by atomic mass is 16.6. The van der Waals surface area contributed by atoms with Gasteiger partial charge in [-0.05, 0) is 35.6 Å². The van der Waals surface area contributed by atoms with E-state index in [4.69, 9.17) is 4.74 Å². The van der Waals surface area contributed by atoms with Gasteiger partial charge >= 0.3 is 0 Å². The molecule has 1 amide bonds. The number of carbonyl (C=O) groups excluding carboxylic acids is 1. The van der Waals surface area contributed by atoms with E-state index in [1.165, 1.54) is 6.07 Å². The molecule has 31 heavy (non-hydrogen) atoms. The fraction of sp³-hybridized carbons (Fsp3) is 0.435. The smallest absolute Gasteiger partial charge is 0.270 e. The molecule has 0 unspecified atom stereocenters. The molecule has 0 saturated carbocycles. The molecule has 1 heterocycles. The van der Waals surface area contributed by atoms with Gasteiger partial charge in [0.05, 0.1) is 18.6 Å². The zero-order valence-electron chi connectivity index (χ0n) is 18.1. The third-order valence-electron chi connectivity index (χ3n) is 5.87. The highest BCUT2D eigenvalue weighted by molar-refractivity contribution is 5.87. The summed E-state index contributed by atoms with van der Waals surface area (Å²) in [4.78, 5) is 25.9. The van der Waals surface area contributed by atoms with E-state index in [1.807, 2.05) is 38.1 Å². The van der Waals surface area contributed by atoms with Crippen molar-refractivity contribution in [3.05, 3.63) is 63.2 Å². The van der Waals surface area contributed by atoms with Crippen LogP contribution in [0.15, 0.2) is 36.4 Å². The van der Waals surface area contributed by atoms with Gasteiger partial charge in [0.2, 0.25) is 5.91 Å². The Kier molecular flexibility index (Phi) is 7.12. The van der Waals surface area contributed by atoms with Gasteiger partial charge < -0.3 is 20.1 Å². The monoisotopic (exact) mass is 427 g/mol. The molecule has 0 aromatic heterocycles. The summed E-state index contributed by atoms with van der Waals surface area (Å²) in [7, 11) is 1.60. The number of ether oxygens (including phenoxy) is 1. The Morgan fingerprint density at radius 1 is 1.32 bits per heavy atom. The minimum Gasteiger partial charge on any atom is -0.497 e. The number of nitro benzene ring substituents is 1. The molecular formula is C23H29N3O5. The first-order valence-electron chi connectivity index (χ1n) is 10.5. The van der Waals surface area contributed by atoms with Gasteiger partial charge in [0.15, 0.2) is 0 Å². The number of hydrogen-bond donors (Lipinski definition) is 2. The number of benzene rings is 2. The van der Waals surface area contributed by atoms with Gasteiger partial charge in [-0.25, -0.2) is 0 Å². The van der Waals surface area contributed by atoms with Gasteiger partial charge in [-0.15, -0.1) is 0 Å². The van der Waals surface area contributed by atoms with Crippen LogP contribution in [0.4, 0.5) is 11.4 Å². The van der Waals surface area contributed by atoms with Crippen LogP contribution in [0.5, 0.6) is 5.75 Å². The van der Waals surface area contributed by atoms with Crippen LogP contribution in [0, 0.1) is 16.0 Å². The number of nitro groups is 1. The number of anilines is 1. The number of β-amino-alcohol motifs (C(OH)–C–C–N with tert-alkyl or cyclic N) is 1. The van der Waals surface area contributed by atoms with Crippen molar-refractivity contribution in [2.75, 3.05) is 25.6 Å². The maximum atomic E-state index is 13.2. The Hall–Kier alpha value is -3.13. The topological polar surface area (TPSA) is 105 Å². The molecule has 0 saturated heterocycles. The Bertz CT molecular complexity index is 945. The summed E-state index contributed by atoms with van der Waals surface area (Å²) in [5.74, 6) is 0.697. The summed E-state index contributed by atoms with van der Waals surface area (Å²) < 4.78 is 5.21. The summed E-state index contributed by atoms with van der Waals surface area (Å²) in [6.07, 6.45) is 1.27. The molecule has 8 heteroatoms. The third-order valence-corrected chi connectivity index (χ3v) is 5.87. The second-order valence-corrected chi connectivity index (χ2v) is 7.91. The van der Waals surface area contributed by atoms with Crippen molar-refractivity contribution < 1.29 is 19.6 Å². The summed E-state index contributed by atoms with van der Waals surface area (Å²) in [6, 6.07) is 10.2. The maximum Gasteiger partial charge on any atom is 0.270 e. The fourth-order valence-corrected chi connectivity index (χ4v) is 3.90. The molecule has 3 rings (SSSR count). The van der Waals surface area contributed by atoms with Crippen LogP contribution in [0.2, 0.25) is 0 Å². The van der Waals surface area contributed by atoms with Crippen molar-refractivity contribution in [2.45, 2.75) is 39.3 Å². The molecule has 2 N–H and O–H groups in total. The van der Waals surface area contributed by atoms with Crippen molar-refractivity contribution in [2.24, 2.45) is 5.92 Å². The van der Waals surface area contributed by atoms with Crippen LogP contribution in [0.25, 0.3) is 0 Å². The van der Waals surface area contributed by atoms with Gasteiger partial charge in [0.1, 0.15) is 11.8 Å². The molecule has 1 aliphatic heterocycles. The average molecular weight is 428 g/mol. The van der Waals surface area contributed by atoms with Crippen molar-refractivity contribution >= 4 is 17.3 Å². The first-order chi connectivity index (χ1) is 14.9. The summed E-state index contributed by atoms with van der Waals surface area (Å²) >= 11 is 0. The lowest BCUT2D eigenvalue weighted by molar-refractivity contribution is -0.385. The minimum atomic E-state index is -0.464. The summed E-state index contributed by atoms with van der Waals surface area (Å²) in [6.45, 7) is 4.26. The van der Waals surface area contributed by atoms with Crippen LogP contribution in [-0.2, 0) is 17.8 Å². The Labute approximate surface area is 182 Å². The average Bonchev–Trinajstić information content (AvgIpc) is 2.90. The summed E-state index contributed by atoms with van der Waals surface area (Å²) in [5.41, 5.74) is 3.18. The molecule has 1 aliphatic rings. The molecule has 0 bridgehead atoms. The van der Waals surface area contributed by atoms with Gasteiger partial charge in [-0.1, -0.05) is 32.4 Å². The standard InChI is InChI=1S/C23H29N3O5/c1-4-15(2)21-23(28)25(9-10-27)14-18-13-19(26(29)30)12-17(22(18)24-21)11-16-5-7-20(31-3)8-6-16/h5-8,12-13,15,21,24,27H,4,9-11,14H2,1-3H3/t15-,21-/m0/s1. The number of fused-ring (bicyclic) bond motifs is 1. The third kappa shape index (κ3) is 4.96. The van der Waals surface area contributed by atoms with E-state index in [2.05, 4.69) is 5.32 Å². The van der Waals surface area contributed by atoms with Gasteiger partial charge in [0.25, 0.3) is 5.69 Å². The summed E-state index contributed by atoms with van der Waals surface area (Å²) in [5, 5.41) is 24.5. The van der Waals surface area contributed by atoms with Crippen LogP contribution >= 0.6 is 0 Å². The molecule has 8 nitrogen and oxygen atoms in total. The predicted octanol–water partition coefficient (Wildman–Crippen LogP) is 3.36. The lowest BCUT2D eigenvalue weighted by Crippen LogP contribution is -2.44. The minimum absolute atomic E-state index is 0.0116. The highest BCUT2D eigenvalue weighted by Crippen LogP contribution is 2.34. The Morgan fingerprint density at radius 3 is 2.61 bits per heavy atom. The molecule has 2 atom stereocenters. The van der Waals surface area contributed by atoms with E-state index in [1.54, 1.807) is 18.1 Å². The highest BCUT2D eigenvalue weighted by Gasteiger charge is 2.34. The van der Waals surface area contributed by atoms with E-state index in [0.29, 0.717) is 12.0 Å². The quantitative estimate of drug-likeness (QED) is 0.494. The van der Waals surface area contributed by atoms with Gasteiger partial charge in [-0.3, -0.25) is 14.9 Å². The zero-order chi connectivity index (χ0) is 22.5. The van der Waals surface area contributed by atoms with E-state index in [9.17, 15) is 20.0 Å². The second kappa shape index (κ2) is 9.78. The maximum absolute atomic E-state index is 13.2. The zero-order valence-corrected chi connectivity index (χ0v) is 18.1. The number of nitrogens with zero attached hydrogens (tertiary/aromatic N) is 2. The molecule has 2 aromatic carbocycles. The van der Waals surface area contributed by atoms with Crippen molar-refractivity contribution in [3.8, 4) is 5.75 Å². The number of amides is 1. The first-order valence-corrected chi connectivity index (χ1v) is 10.5. The lowest BCUT2D eigenvalue weighted by Gasteiger charge is -2.27. The molecule has 0 fully saturated rings. The number of methoxy groups -OCH3 is 1. The van der Waals surface area contributed by atoms with Gasteiger partial charge in [0, 0.05) is 36.5 Å². The fourth-order valence-electron chi connectivity index (χ4n) is 3.90. The second-order valence-electron chi connectivity index (χ2n) is 7.91. The van der Waals surface area contributed by atoms with E-state index in [-0.39, 0.29) is 37.2 Å². The van der Waals surface area contributed by atoms with Crippen molar-refractivity contribution in [1.29, 1.82) is 0 Å². The SMILES string of the molecule is CC[C@H](C)[C@@H]1Nc2c(Cc3ccc(OC)cc3)cc([N+](=O)[O-])cc2CN(CCO)C1=O. The molecule has 2 aromatic rings. The number of aliphatic hydroxyl groups excluding tert-OH is 1. The number of hydrogen-bond acceptors (Lipinski definition) is 6. The van der Waals surface area contributed by atoms with Crippen molar-refractivity contribution in [3.63, 3.8) is 0 Å². The largest absolute Gasteiger partial charge is 0.497 e. The van der Waals surface area contributed by atoms with Gasteiger partial charge in [-0.2, -0.15) is 0 Å². The number of rotatable bonds is 8. The number of non-ortho nitro benzene ring substituents is 1. The van der Waals surface area contributed by atoms with Crippen LogP contribution < -0.4 is 10.1 Å². The van der Waals surface area contributed by atoms with E-state index in [0.717, 1.165) is 29.0 Å². The Morgan fingerprint density at radius 2 is 2.03 bits per heavy atom. The predicted molar refractivity (Wildman–Crippen MR) is 118 cm³/mol. The van der Waals surface area contributed by atoms with Crippen LogP contribution in [0.3, 0.4) is 0 Å². The Balaban J connectivity index is 2.09. The molecule has 0 radical (unpaired) electrons. The molecule has 0 spiro atoms. The number of nitrogens with one attached hydrogen (secondary N) is 1. The van der Waals surface area contributed by atoms with Crippen LogP contribution in [0.1, 0.15) is 37.0 Å². The molecular weight excluding hydrogens is 398 g/mol. The normalized spacial score (nSPS) is 16.8. The van der Waals surface area contributed by atoms with Crippen molar-refractivity contribution in [1.82, 2.24) is 4.90 Å².